The molecule has 4 aromatic carbocycles. The third-order valence-corrected chi connectivity index (χ3v) is 7.25. The average molecular weight is 588 g/mol. The summed E-state index contributed by atoms with van der Waals surface area (Å²) in [6.45, 7) is 0.268. The summed E-state index contributed by atoms with van der Waals surface area (Å²) in [6, 6.07) is 30.7. The standard InChI is InChI=1S/C33H29N7O4/c1-44-28-18-10-9-17-26(28)35-33(43)39-31-36-30(34-25-16-8-7-15-24(25)21-11-3-2-4-12-21)37-32(38-31)40-20-23-14-6-5-13-22(23)19-27(40)29(41)42/h2-18,27H,19-20H2,1H3,(H,41,42)(H3,34,35,36,37,38,39,43). The van der Waals surface area contributed by atoms with Crippen LogP contribution in [0.4, 0.5) is 34.0 Å². The van der Waals surface area contributed by atoms with Crippen molar-refractivity contribution in [1.29, 1.82) is 0 Å². The quantitative estimate of drug-likeness (QED) is 0.173. The first kappa shape index (κ1) is 28.2. The van der Waals surface area contributed by atoms with Gasteiger partial charge in [0.05, 0.1) is 12.8 Å². The van der Waals surface area contributed by atoms with Crippen LogP contribution in [0.5, 0.6) is 5.75 Å². The lowest BCUT2D eigenvalue weighted by Crippen LogP contribution is -2.46. The summed E-state index contributed by atoms with van der Waals surface area (Å²) in [5, 5.41) is 18.9. The number of nitrogens with zero attached hydrogens (tertiary/aromatic N) is 4. The predicted molar refractivity (Wildman–Crippen MR) is 168 cm³/mol. The smallest absolute Gasteiger partial charge is 0.326 e. The number of carboxylic acid groups (broad SMARTS) is 1. The number of para-hydroxylation sites is 3. The van der Waals surface area contributed by atoms with Crippen LogP contribution >= 0.6 is 0 Å². The summed E-state index contributed by atoms with van der Waals surface area (Å²) in [4.78, 5) is 40.8. The zero-order valence-electron chi connectivity index (χ0n) is 23.8. The Labute approximate surface area is 253 Å². The van der Waals surface area contributed by atoms with E-state index in [9.17, 15) is 14.7 Å². The van der Waals surface area contributed by atoms with Gasteiger partial charge < -0.3 is 25.4 Å². The van der Waals surface area contributed by atoms with Crippen LogP contribution in [-0.2, 0) is 17.8 Å². The second kappa shape index (κ2) is 12.5. The number of urea groups is 1. The Morgan fingerprint density at radius 1 is 0.773 bits per heavy atom. The number of fused-ring (bicyclic) bond motifs is 1. The molecule has 0 bridgehead atoms. The van der Waals surface area contributed by atoms with E-state index < -0.39 is 18.0 Å². The van der Waals surface area contributed by atoms with Crippen LogP contribution in [0.3, 0.4) is 0 Å². The largest absolute Gasteiger partial charge is 0.495 e. The first-order chi connectivity index (χ1) is 21.5. The molecule has 2 heterocycles. The fraction of sp³-hybridized carbons (Fsp3) is 0.121. The molecule has 44 heavy (non-hydrogen) atoms. The van der Waals surface area contributed by atoms with E-state index in [0.29, 0.717) is 11.4 Å². The number of benzene rings is 4. The maximum absolute atomic E-state index is 13.1. The highest BCUT2D eigenvalue weighted by Gasteiger charge is 2.34. The maximum Gasteiger partial charge on any atom is 0.326 e. The zero-order chi connectivity index (χ0) is 30.5. The normalized spacial score (nSPS) is 13.8. The van der Waals surface area contributed by atoms with Gasteiger partial charge in [-0.3, -0.25) is 5.32 Å². The van der Waals surface area contributed by atoms with Gasteiger partial charge in [-0.1, -0.05) is 84.9 Å². The first-order valence-corrected chi connectivity index (χ1v) is 13.9. The lowest BCUT2D eigenvalue weighted by molar-refractivity contribution is -0.138. The number of hydrogen-bond donors (Lipinski definition) is 4. The van der Waals surface area contributed by atoms with Gasteiger partial charge >= 0.3 is 12.0 Å². The monoisotopic (exact) mass is 587 g/mol. The van der Waals surface area contributed by atoms with Gasteiger partial charge in [0, 0.05) is 24.2 Å². The minimum atomic E-state index is -1.01. The van der Waals surface area contributed by atoms with Crippen molar-refractivity contribution in [2.45, 2.75) is 19.0 Å². The predicted octanol–water partition coefficient (Wildman–Crippen LogP) is 5.95. The van der Waals surface area contributed by atoms with Gasteiger partial charge in [0.2, 0.25) is 17.8 Å². The number of anilines is 5. The number of carbonyl (C=O) groups excluding carboxylic acids is 1. The molecule has 220 valence electrons. The number of amides is 2. The van der Waals surface area contributed by atoms with E-state index in [0.717, 1.165) is 27.9 Å². The molecule has 11 heteroatoms. The van der Waals surface area contributed by atoms with Gasteiger partial charge in [-0.05, 0) is 34.9 Å². The Morgan fingerprint density at radius 3 is 2.20 bits per heavy atom. The Morgan fingerprint density at radius 2 is 1.43 bits per heavy atom. The van der Waals surface area contributed by atoms with Gasteiger partial charge in [0.15, 0.2) is 0 Å². The Kier molecular flexibility index (Phi) is 8.00. The van der Waals surface area contributed by atoms with Crippen molar-refractivity contribution < 1.29 is 19.4 Å². The molecule has 0 fully saturated rings. The lowest BCUT2D eigenvalue weighted by atomic mass is 9.94. The number of carbonyl (C=O) groups is 2. The number of hydrogen-bond acceptors (Lipinski definition) is 8. The van der Waals surface area contributed by atoms with Crippen LogP contribution in [-0.4, -0.2) is 45.2 Å². The fourth-order valence-electron chi connectivity index (χ4n) is 5.14. The van der Waals surface area contributed by atoms with Gasteiger partial charge in [-0.15, -0.1) is 0 Å². The lowest BCUT2D eigenvalue weighted by Gasteiger charge is -2.34. The molecule has 0 radical (unpaired) electrons. The van der Waals surface area contributed by atoms with Gasteiger partial charge in [0.1, 0.15) is 11.8 Å². The molecule has 1 unspecified atom stereocenters. The molecule has 1 atom stereocenters. The Hall–Kier alpha value is -5.97. The molecule has 4 N–H and O–H groups in total. The van der Waals surface area contributed by atoms with Gasteiger partial charge in [-0.2, -0.15) is 15.0 Å². The fourth-order valence-corrected chi connectivity index (χ4v) is 5.14. The summed E-state index contributed by atoms with van der Waals surface area (Å²) in [5.74, 6) is -0.351. The molecule has 2 amide bonds. The summed E-state index contributed by atoms with van der Waals surface area (Å²) >= 11 is 0. The van der Waals surface area contributed by atoms with E-state index in [4.69, 9.17) is 4.74 Å². The first-order valence-electron chi connectivity index (χ1n) is 13.9. The van der Waals surface area contributed by atoms with Crippen molar-refractivity contribution in [1.82, 2.24) is 15.0 Å². The third-order valence-electron chi connectivity index (χ3n) is 7.25. The summed E-state index contributed by atoms with van der Waals surface area (Å²) in [6.07, 6.45) is 0.272. The van der Waals surface area contributed by atoms with Crippen LogP contribution in [0, 0.1) is 0 Å². The van der Waals surface area contributed by atoms with Crippen molar-refractivity contribution in [3.05, 3.63) is 114 Å². The van der Waals surface area contributed by atoms with E-state index in [1.54, 1.807) is 29.2 Å². The molecule has 1 aliphatic rings. The molecule has 11 nitrogen and oxygen atoms in total. The second-order valence-electron chi connectivity index (χ2n) is 10.1. The number of nitrogens with one attached hydrogen (secondary N) is 3. The van der Waals surface area contributed by atoms with Gasteiger partial charge in [0.25, 0.3) is 0 Å². The maximum atomic E-state index is 13.1. The third kappa shape index (κ3) is 6.12. The highest BCUT2D eigenvalue weighted by molar-refractivity contribution is 5.99. The highest BCUT2D eigenvalue weighted by Crippen LogP contribution is 2.32. The molecule has 0 spiro atoms. The van der Waals surface area contributed by atoms with Crippen LogP contribution in [0.1, 0.15) is 11.1 Å². The van der Waals surface area contributed by atoms with Crippen LogP contribution in [0.2, 0.25) is 0 Å². The number of methoxy groups -OCH3 is 1. The van der Waals surface area contributed by atoms with Crippen LogP contribution < -0.4 is 25.6 Å². The summed E-state index contributed by atoms with van der Waals surface area (Å²) in [5.41, 5.74) is 4.99. The summed E-state index contributed by atoms with van der Waals surface area (Å²) < 4.78 is 5.33. The molecule has 0 aliphatic carbocycles. The zero-order valence-corrected chi connectivity index (χ0v) is 23.8. The number of ether oxygens (including phenoxy) is 1. The highest BCUT2D eigenvalue weighted by atomic mass is 16.5. The van der Waals surface area contributed by atoms with Crippen molar-refractivity contribution in [3.63, 3.8) is 0 Å². The van der Waals surface area contributed by atoms with Crippen LogP contribution in [0.15, 0.2) is 103 Å². The topological polar surface area (TPSA) is 142 Å². The number of aromatic nitrogens is 3. The molecule has 5 aromatic rings. The SMILES string of the molecule is COc1ccccc1NC(=O)Nc1nc(Nc2ccccc2-c2ccccc2)nc(N2Cc3ccccc3CC2C(=O)O)n1. The van der Waals surface area contributed by atoms with Crippen molar-refractivity contribution in [2.75, 3.05) is 28.0 Å². The average Bonchev–Trinajstić information content (AvgIpc) is 3.05. The molecular formula is C33H29N7O4. The minimum Gasteiger partial charge on any atom is -0.495 e. The second-order valence-corrected chi connectivity index (χ2v) is 10.1. The Balaban J connectivity index is 1.38. The molecule has 6 rings (SSSR count). The van der Waals surface area contributed by atoms with E-state index in [-0.39, 0.29) is 30.8 Å². The molecule has 0 saturated carbocycles. The number of carboxylic acids is 1. The molecule has 0 saturated heterocycles. The van der Waals surface area contributed by atoms with Crippen molar-refractivity contribution in [3.8, 4) is 16.9 Å². The molecule has 1 aromatic heterocycles. The van der Waals surface area contributed by atoms with E-state index in [2.05, 4.69) is 30.9 Å². The van der Waals surface area contributed by atoms with E-state index >= 15 is 0 Å². The Bertz CT molecular complexity index is 1820. The summed E-state index contributed by atoms with van der Waals surface area (Å²) in [7, 11) is 1.51. The minimum absolute atomic E-state index is 0.0647. The van der Waals surface area contributed by atoms with E-state index in [1.165, 1.54) is 7.11 Å². The van der Waals surface area contributed by atoms with Crippen molar-refractivity contribution in [2.24, 2.45) is 0 Å². The van der Waals surface area contributed by atoms with E-state index in [1.807, 2.05) is 78.9 Å². The number of rotatable bonds is 8. The van der Waals surface area contributed by atoms with Crippen molar-refractivity contribution >= 4 is 41.2 Å². The molecule has 1 aliphatic heterocycles. The van der Waals surface area contributed by atoms with Gasteiger partial charge in [-0.25, -0.2) is 9.59 Å². The molecular weight excluding hydrogens is 558 g/mol. The number of aliphatic carboxylic acids is 1. The van der Waals surface area contributed by atoms with Crippen LogP contribution in [0.25, 0.3) is 11.1 Å².